The van der Waals surface area contributed by atoms with Crippen molar-refractivity contribution in [1.29, 1.82) is 0 Å². The van der Waals surface area contributed by atoms with E-state index in [1.165, 1.54) is 12.4 Å². The Hall–Kier alpha value is -3.22. The van der Waals surface area contributed by atoms with Crippen LogP contribution in [-0.2, 0) is 0 Å². The zero-order chi connectivity index (χ0) is 17.1. The summed E-state index contributed by atoms with van der Waals surface area (Å²) in [6.45, 7) is 0. The van der Waals surface area contributed by atoms with Gasteiger partial charge in [0.05, 0.1) is 5.69 Å². The van der Waals surface area contributed by atoms with E-state index in [0.717, 1.165) is 17.8 Å². The molecule has 3 rings (SSSR count). The summed E-state index contributed by atoms with van der Waals surface area (Å²) in [7, 11) is 1.82. The predicted octanol–water partition coefficient (Wildman–Crippen LogP) is 3.85. The second kappa shape index (κ2) is 6.49. The van der Waals surface area contributed by atoms with Gasteiger partial charge < -0.3 is 16.0 Å². The lowest BCUT2D eigenvalue weighted by Crippen LogP contribution is -2.15. The molecule has 122 valence electrons. The lowest BCUT2D eigenvalue weighted by atomic mass is 10.2. The van der Waals surface area contributed by atoms with E-state index in [1.807, 2.05) is 37.4 Å². The number of aromatic nitrogens is 2. The van der Waals surface area contributed by atoms with Gasteiger partial charge in [-0.05, 0) is 24.3 Å². The van der Waals surface area contributed by atoms with Crippen LogP contribution in [0.3, 0.4) is 0 Å². The minimum Gasteiger partial charge on any atom is -0.393 e. The second-order valence-corrected chi connectivity index (χ2v) is 5.10. The van der Waals surface area contributed by atoms with Crippen LogP contribution in [0.1, 0.15) is 0 Å². The number of para-hydroxylation sites is 1. The van der Waals surface area contributed by atoms with E-state index in [4.69, 9.17) is 5.73 Å². The average Bonchev–Trinajstić information content (AvgIpc) is 2.59. The molecule has 0 saturated carbocycles. The number of rotatable bonds is 4. The third-order valence-electron chi connectivity index (χ3n) is 3.51. The van der Waals surface area contributed by atoms with E-state index in [-0.39, 0.29) is 17.2 Å². The highest BCUT2D eigenvalue weighted by Gasteiger charge is 2.14. The van der Waals surface area contributed by atoms with Crippen LogP contribution in [0.2, 0.25) is 0 Å². The minimum absolute atomic E-state index is 0.0788. The zero-order valence-electron chi connectivity index (χ0n) is 12.9. The second-order valence-electron chi connectivity index (χ2n) is 5.10. The molecule has 0 aliphatic heterocycles. The first-order valence-electron chi connectivity index (χ1n) is 7.17. The van der Waals surface area contributed by atoms with Crippen LogP contribution in [0.4, 0.5) is 37.5 Å². The highest BCUT2D eigenvalue weighted by Crippen LogP contribution is 2.32. The van der Waals surface area contributed by atoms with Gasteiger partial charge in [0.15, 0.2) is 11.6 Å². The maximum atomic E-state index is 13.8. The van der Waals surface area contributed by atoms with Crippen LogP contribution in [0.15, 0.2) is 54.9 Å². The molecular weight excluding hydrogens is 312 g/mol. The molecule has 7 heteroatoms. The molecule has 3 aromatic rings. The lowest BCUT2D eigenvalue weighted by Gasteiger charge is -2.21. The van der Waals surface area contributed by atoms with Gasteiger partial charge in [-0.1, -0.05) is 18.2 Å². The maximum absolute atomic E-state index is 13.8. The molecule has 5 nitrogen and oxygen atoms in total. The van der Waals surface area contributed by atoms with Crippen molar-refractivity contribution in [2.45, 2.75) is 0 Å². The van der Waals surface area contributed by atoms with Gasteiger partial charge >= 0.3 is 0 Å². The molecule has 0 fully saturated rings. The highest BCUT2D eigenvalue weighted by atomic mass is 19.1. The van der Waals surface area contributed by atoms with Crippen molar-refractivity contribution in [3.8, 4) is 0 Å². The van der Waals surface area contributed by atoms with Gasteiger partial charge in [0.25, 0.3) is 0 Å². The van der Waals surface area contributed by atoms with Crippen LogP contribution in [0.25, 0.3) is 0 Å². The molecule has 0 amide bonds. The van der Waals surface area contributed by atoms with Gasteiger partial charge in [-0.15, -0.1) is 0 Å². The summed E-state index contributed by atoms with van der Waals surface area (Å²) in [5.74, 6) is -0.668. The normalized spacial score (nSPS) is 10.5. The average molecular weight is 327 g/mol. The monoisotopic (exact) mass is 327 g/mol. The summed E-state index contributed by atoms with van der Waals surface area (Å²) in [4.78, 5) is 10.0. The van der Waals surface area contributed by atoms with E-state index >= 15 is 0 Å². The summed E-state index contributed by atoms with van der Waals surface area (Å²) in [6, 6.07) is 12.8. The molecule has 0 radical (unpaired) electrons. The summed E-state index contributed by atoms with van der Waals surface area (Å²) < 4.78 is 26.8. The topological polar surface area (TPSA) is 67.1 Å². The van der Waals surface area contributed by atoms with E-state index in [0.29, 0.717) is 5.82 Å². The molecule has 0 spiro atoms. The molecule has 24 heavy (non-hydrogen) atoms. The number of nitrogens with one attached hydrogen (secondary N) is 1. The quantitative estimate of drug-likeness (QED) is 0.762. The third kappa shape index (κ3) is 3.10. The number of hydrogen-bond acceptors (Lipinski definition) is 5. The Labute approximate surface area is 137 Å². The van der Waals surface area contributed by atoms with Crippen LogP contribution in [0, 0.1) is 11.6 Å². The zero-order valence-corrected chi connectivity index (χ0v) is 12.9. The molecular formula is C17H15F2N5. The fourth-order valence-corrected chi connectivity index (χ4v) is 2.25. The molecule has 0 aliphatic rings. The summed E-state index contributed by atoms with van der Waals surface area (Å²) >= 11 is 0. The summed E-state index contributed by atoms with van der Waals surface area (Å²) in [5, 5.41) is 2.77. The molecule has 2 aromatic carbocycles. The molecule has 1 aromatic heterocycles. The van der Waals surface area contributed by atoms with Gasteiger partial charge in [0.1, 0.15) is 23.6 Å². The van der Waals surface area contributed by atoms with Crippen LogP contribution in [-0.4, -0.2) is 17.0 Å². The lowest BCUT2D eigenvalue weighted by molar-refractivity contribution is 0.586. The summed E-state index contributed by atoms with van der Waals surface area (Å²) in [6.07, 6.45) is 1.33. The number of halogens is 2. The third-order valence-corrected chi connectivity index (χ3v) is 3.51. The molecule has 0 unspecified atom stereocenters. The van der Waals surface area contributed by atoms with E-state index < -0.39 is 11.6 Å². The van der Waals surface area contributed by atoms with Crippen molar-refractivity contribution in [2.75, 3.05) is 23.0 Å². The van der Waals surface area contributed by atoms with Crippen molar-refractivity contribution >= 4 is 28.7 Å². The highest BCUT2D eigenvalue weighted by molar-refractivity contribution is 5.81. The van der Waals surface area contributed by atoms with E-state index in [9.17, 15) is 8.78 Å². The van der Waals surface area contributed by atoms with Gasteiger partial charge in [-0.25, -0.2) is 18.7 Å². The fourth-order valence-electron chi connectivity index (χ4n) is 2.25. The van der Waals surface area contributed by atoms with Gasteiger partial charge in [-0.2, -0.15) is 0 Å². The van der Waals surface area contributed by atoms with Crippen molar-refractivity contribution in [3.63, 3.8) is 0 Å². The Bertz CT molecular complexity index is 855. The molecule has 0 saturated heterocycles. The first-order chi connectivity index (χ1) is 11.6. The number of anilines is 5. The summed E-state index contributed by atoms with van der Waals surface area (Å²) in [5.41, 5.74) is 7.35. The predicted molar refractivity (Wildman–Crippen MR) is 90.6 cm³/mol. The van der Waals surface area contributed by atoms with E-state index in [1.54, 1.807) is 4.90 Å². The first kappa shape index (κ1) is 15.7. The number of hydrogen-bond donors (Lipinski definition) is 2. The van der Waals surface area contributed by atoms with Crippen LogP contribution in [0.5, 0.6) is 0 Å². The Morgan fingerprint density at radius 2 is 1.79 bits per heavy atom. The Morgan fingerprint density at radius 3 is 2.50 bits per heavy atom. The standard InChI is InChI=1S/C17H15F2N5/c1-24(12-5-3-2-4-6-12)17-15(20)16(21-10-22-17)23-14-8-7-11(18)9-13(14)19/h2-10H,20H2,1H3,(H,21,22,23). The molecule has 0 aliphatic carbocycles. The molecule has 3 N–H and O–H groups in total. The van der Waals surface area contributed by atoms with Gasteiger partial charge in [-0.3, -0.25) is 0 Å². The maximum Gasteiger partial charge on any atom is 0.161 e. The van der Waals surface area contributed by atoms with Crippen molar-refractivity contribution < 1.29 is 8.78 Å². The SMILES string of the molecule is CN(c1ccccc1)c1ncnc(Nc2ccc(F)cc2F)c1N. The number of benzene rings is 2. The molecule has 1 heterocycles. The van der Waals surface area contributed by atoms with Crippen molar-refractivity contribution in [3.05, 3.63) is 66.5 Å². The van der Waals surface area contributed by atoms with E-state index in [2.05, 4.69) is 15.3 Å². The number of nitrogen functional groups attached to an aromatic ring is 1. The number of nitrogens with two attached hydrogens (primary N) is 1. The Balaban J connectivity index is 1.94. The Kier molecular flexibility index (Phi) is 4.24. The van der Waals surface area contributed by atoms with Crippen molar-refractivity contribution in [2.24, 2.45) is 0 Å². The molecule has 0 bridgehead atoms. The molecule has 0 atom stereocenters. The minimum atomic E-state index is -0.731. The van der Waals surface area contributed by atoms with Crippen LogP contribution < -0.4 is 16.0 Å². The largest absolute Gasteiger partial charge is 0.393 e. The van der Waals surface area contributed by atoms with Crippen LogP contribution >= 0.6 is 0 Å². The Morgan fingerprint density at radius 1 is 1.04 bits per heavy atom. The van der Waals surface area contributed by atoms with Crippen molar-refractivity contribution in [1.82, 2.24) is 9.97 Å². The smallest absolute Gasteiger partial charge is 0.161 e. The van der Waals surface area contributed by atoms with Gasteiger partial charge in [0, 0.05) is 18.8 Å². The fraction of sp³-hybridized carbons (Fsp3) is 0.0588. The van der Waals surface area contributed by atoms with Gasteiger partial charge in [0.2, 0.25) is 0 Å². The number of nitrogens with zero attached hydrogens (tertiary/aromatic N) is 3. The first-order valence-corrected chi connectivity index (χ1v) is 7.17.